The molecular formula is C15H15Br. The lowest BCUT2D eigenvalue weighted by Gasteiger charge is -2.06. The van der Waals surface area contributed by atoms with Gasteiger partial charge in [-0.25, -0.2) is 0 Å². The van der Waals surface area contributed by atoms with Crippen LogP contribution in [0.15, 0.2) is 46.9 Å². The van der Waals surface area contributed by atoms with Crippen LogP contribution in [0.3, 0.4) is 0 Å². The maximum Gasteiger partial charge on any atom is 0.0210 e. The van der Waals surface area contributed by atoms with E-state index in [-0.39, 0.29) is 0 Å². The molecule has 82 valence electrons. The second-order valence-electron chi connectivity index (χ2n) is 4.02. The third kappa shape index (κ3) is 2.35. The van der Waals surface area contributed by atoms with E-state index >= 15 is 0 Å². The second kappa shape index (κ2) is 4.84. The van der Waals surface area contributed by atoms with Crippen LogP contribution < -0.4 is 0 Å². The molecule has 0 aliphatic heterocycles. The molecule has 0 aromatic heterocycles. The molecule has 0 aliphatic rings. The highest BCUT2D eigenvalue weighted by molar-refractivity contribution is 9.10. The highest BCUT2D eigenvalue weighted by Crippen LogP contribution is 2.26. The van der Waals surface area contributed by atoms with Crippen LogP contribution in [-0.2, 0) is 6.42 Å². The fraction of sp³-hybridized carbons (Fsp3) is 0.200. The van der Waals surface area contributed by atoms with Crippen LogP contribution in [0.2, 0.25) is 0 Å². The summed E-state index contributed by atoms with van der Waals surface area (Å²) in [5, 5.41) is 0. The van der Waals surface area contributed by atoms with E-state index in [2.05, 4.69) is 72.2 Å². The summed E-state index contributed by atoms with van der Waals surface area (Å²) >= 11 is 3.58. The molecule has 0 aliphatic carbocycles. The molecule has 2 rings (SSSR count). The molecule has 0 saturated heterocycles. The minimum atomic E-state index is 1.08. The van der Waals surface area contributed by atoms with Crippen molar-refractivity contribution in [2.75, 3.05) is 0 Å². The van der Waals surface area contributed by atoms with Gasteiger partial charge in [-0.15, -0.1) is 0 Å². The fourth-order valence-corrected chi connectivity index (χ4v) is 2.12. The number of hydrogen-bond donors (Lipinski definition) is 0. The van der Waals surface area contributed by atoms with Crippen LogP contribution in [0.4, 0.5) is 0 Å². The summed E-state index contributed by atoms with van der Waals surface area (Å²) in [6, 6.07) is 15.2. The summed E-state index contributed by atoms with van der Waals surface area (Å²) in [6.45, 7) is 4.29. The molecule has 0 bridgehead atoms. The van der Waals surface area contributed by atoms with E-state index < -0.39 is 0 Å². The minimum absolute atomic E-state index is 1.08. The van der Waals surface area contributed by atoms with Gasteiger partial charge in [0.1, 0.15) is 0 Å². The van der Waals surface area contributed by atoms with E-state index in [0.29, 0.717) is 0 Å². The van der Waals surface area contributed by atoms with Gasteiger partial charge < -0.3 is 0 Å². The minimum Gasteiger partial charge on any atom is -0.0614 e. The lowest BCUT2D eigenvalue weighted by molar-refractivity contribution is 1.14. The standard InChI is InChI=1S/C15H15Br/c1-3-12-5-4-6-13(9-12)14-8-7-11(2)15(16)10-14/h4-10H,3H2,1-2H3. The van der Waals surface area contributed by atoms with Gasteiger partial charge in [-0.1, -0.05) is 59.3 Å². The van der Waals surface area contributed by atoms with Gasteiger partial charge in [0.15, 0.2) is 0 Å². The number of aryl methyl sites for hydroxylation is 2. The van der Waals surface area contributed by atoms with Gasteiger partial charge in [-0.05, 0) is 41.7 Å². The van der Waals surface area contributed by atoms with Gasteiger partial charge in [0.2, 0.25) is 0 Å². The third-order valence-corrected chi connectivity index (χ3v) is 3.69. The monoisotopic (exact) mass is 274 g/mol. The van der Waals surface area contributed by atoms with E-state index in [0.717, 1.165) is 6.42 Å². The predicted molar refractivity (Wildman–Crippen MR) is 73.7 cm³/mol. The van der Waals surface area contributed by atoms with E-state index in [1.54, 1.807) is 0 Å². The topological polar surface area (TPSA) is 0 Å². The Hall–Kier alpha value is -1.08. The summed E-state index contributed by atoms with van der Waals surface area (Å²) < 4.78 is 1.17. The SMILES string of the molecule is CCc1cccc(-c2ccc(C)c(Br)c2)c1. The molecule has 0 saturated carbocycles. The Balaban J connectivity index is 2.46. The van der Waals surface area contributed by atoms with Crippen LogP contribution in [0.1, 0.15) is 18.1 Å². The van der Waals surface area contributed by atoms with Gasteiger partial charge in [-0.2, -0.15) is 0 Å². The Morgan fingerprint density at radius 3 is 2.44 bits per heavy atom. The molecule has 0 amide bonds. The number of benzene rings is 2. The van der Waals surface area contributed by atoms with E-state index in [1.807, 2.05) is 0 Å². The van der Waals surface area contributed by atoms with Crippen molar-refractivity contribution in [2.24, 2.45) is 0 Å². The Labute approximate surface area is 105 Å². The molecule has 16 heavy (non-hydrogen) atoms. The van der Waals surface area contributed by atoms with E-state index in [4.69, 9.17) is 0 Å². The molecule has 0 heterocycles. The van der Waals surface area contributed by atoms with Crippen molar-refractivity contribution in [2.45, 2.75) is 20.3 Å². The molecular weight excluding hydrogens is 260 g/mol. The second-order valence-corrected chi connectivity index (χ2v) is 4.87. The number of hydrogen-bond acceptors (Lipinski definition) is 0. The van der Waals surface area contributed by atoms with Crippen LogP contribution >= 0.6 is 15.9 Å². The van der Waals surface area contributed by atoms with E-state index in [1.165, 1.54) is 26.7 Å². The maximum atomic E-state index is 3.58. The first-order chi connectivity index (χ1) is 7.70. The summed E-state index contributed by atoms with van der Waals surface area (Å²) in [4.78, 5) is 0. The third-order valence-electron chi connectivity index (χ3n) is 2.84. The molecule has 1 heteroatoms. The molecule has 2 aromatic carbocycles. The van der Waals surface area contributed by atoms with Crippen molar-refractivity contribution in [1.82, 2.24) is 0 Å². The first-order valence-electron chi connectivity index (χ1n) is 5.56. The molecule has 0 radical (unpaired) electrons. The van der Waals surface area contributed by atoms with Crippen molar-refractivity contribution in [3.05, 3.63) is 58.1 Å². The van der Waals surface area contributed by atoms with Crippen molar-refractivity contribution < 1.29 is 0 Å². The Bertz CT molecular complexity index is 501. The van der Waals surface area contributed by atoms with E-state index in [9.17, 15) is 0 Å². The van der Waals surface area contributed by atoms with Gasteiger partial charge in [0.25, 0.3) is 0 Å². The summed E-state index contributed by atoms with van der Waals surface area (Å²) in [7, 11) is 0. The van der Waals surface area contributed by atoms with Crippen molar-refractivity contribution in [3.63, 3.8) is 0 Å². The lowest BCUT2D eigenvalue weighted by Crippen LogP contribution is -1.84. The highest BCUT2D eigenvalue weighted by Gasteiger charge is 2.01. The Morgan fingerprint density at radius 2 is 1.75 bits per heavy atom. The molecule has 0 fully saturated rings. The molecule has 0 unspecified atom stereocenters. The van der Waals surface area contributed by atoms with Crippen molar-refractivity contribution in [3.8, 4) is 11.1 Å². The average molecular weight is 275 g/mol. The fourth-order valence-electron chi connectivity index (χ4n) is 1.74. The van der Waals surface area contributed by atoms with Crippen LogP contribution in [0, 0.1) is 6.92 Å². The van der Waals surface area contributed by atoms with Gasteiger partial charge >= 0.3 is 0 Å². The smallest absolute Gasteiger partial charge is 0.0210 e. The summed E-state index contributed by atoms with van der Waals surface area (Å²) in [5.74, 6) is 0. The van der Waals surface area contributed by atoms with Gasteiger partial charge in [0.05, 0.1) is 0 Å². The molecule has 0 spiro atoms. The quantitative estimate of drug-likeness (QED) is 0.724. The predicted octanol–water partition coefficient (Wildman–Crippen LogP) is 4.99. The van der Waals surface area contributed by atoms with Crippen molar-refractivity contribution >= 4 is 15.9 Å². The summed E-state index contributed by atoms with van der Waals surface area (Å²) in [6.07, 6.45) is 1.08. The first-order valence-corrected chi connectivity index (χ1v) is 6.35. The first kappa shape index (κ1) is 11.4. The molecule has 0 atom stereocenters. The zero-order valence-electron chi connectivity index (χ0n) is 9.63. The lowest BCUT2D eigenvalue weighted by atomic mass is 10.0. The van der Waals surface area contributed by atoms with Crippen LogP contribution in [0.25, 0.3) is 11.1 Å². The number of halogens is 1. The largest absolute Gasteiger partial charge is 0.0614 e. The molecule has 2 aromatic rings. The van der Waals surface area contributed by atoms with Gasteiger partial charge in [0, 0.05) is 4.47 Å². The Morgan fingerprint density at radius 1 is 1.00 bits per heavy atom. The highest BCUT2D eigenvalue weighted by atomic mass is 79.9. The molecule has 0 N–H and O–H groups in total. The average Bonchev–Trinajstić information content (AvgIpc) is 2.33. The normalized spacial score (nSPS) is 10.4. The van der Waals surface area contributed by atoms with Gasteiger partial charge in [-0.3, -0.25) is 0 Å². The zero-order valence-corrected chi connectivity index (χ0v) is 11.2. The Kier molecular flexibility index (Phi) is 3.45. The van der Waals surface area contributed by atoms with Crippen molar-refractivity contribution in [1.29, 1.82) is 0 Å². The van der Waals surface area contributed by atoms with Crippen LogP contribution in [-0.4, -0.2) is 0 Å². The maximum absolute atomic E-state index is 3.58. The zero-order chi connectivity index (χ0) is 11.5. The summed E-state index contributed by atoms with van der Waals surface area (Å²) in [5.41, 5.74) is 5.22. The molecule has 0 nitrogen and oxygen atoms in total. The van der Waals surface area contributed by atoms with Crippen LogP contribution in [0.5, 0.6) is 0 Å². The number of rotatable bonds is 2.